The second kappa shape index (κ2) is 7.15. The van der Waals surface area contributed by atoms with Gasteiger partial charge in [0.15, 0.2) is 0 Å². The molecule has 1 unspecified atom stereocenters. The zero-order valence-electron chi connectivity index (χ0n) is 8.82. The summed E-state index contributed by atoms with van der Waals surface area (Å²) in [6.45, 7) is 1.21. The van der Waals surface area contributed by atoms with Gasteiger partial charge in [-0.2, -0.15) is 0 Å². The Hall–Kier alpha value is -0.180. The standard InChI is InChI=1S/C12H17NS.ClH/c1-2-7-12(8-3-1)14-10-11-6-4-5-9-13-11;/h1-3,7-8,11,13H,4-6,9-10H2;1H. The molecule has 1 atom stereocenters. The molecule has 3 heteroatoms. The lowest BCUT2D eigenvalue weighted by Crippen LogP contribution is -2.35. The van der Waals surface area contributed by atoms with Gasteiger partial charge in [-0.15, -0.1) is 24.2 Å². The van der Waals surface area contributed by atoms with Gasteiger partial charge in [-0.25, -0.2) is 0 Å². The molecule has 0 spiro atoms. The molecule has 0 amide bonds. The van der Waals surface area contributed by atoms with Gasteiger partial charge >= 0.3 is 0 Å². The van der Waals surface area contributed by atoms with Gasteiger partial charge in [-0.1, -0.05) is 24.6 Å². The zero-order valence-corrected chi connectivity index (χ0v) is 10.4. The summed E-state index contributed by atoms with van der Waals surface area (Å²) in [5.74, 6) is 1.21. The maximum atomic E-state index is 3.57. The summed E-state index contributed by atoms with van der Waals surface area (Å²) in [7, 11) is 0. The van der Waals surface area contributed by atoms with Crippen molar-refractivity contribution in [2.45, 2.75) is 30.2 Å². The normalized spacial score (nSPS) is 20.7. The van der Waals surface area contributed by atoms with E-state index in [0.29, 0.717) is 0 Å². The van der Waals surface area contributed by atoms with Gasteiger partial charge in [-0.05, 0) is 31.5 Å². The molecule has 0 aromatic heterocycles. The van der Waals surface area contributed by atoms with Crippen molar-refractivity contribution in [1.29, 1.82) is 0 Å². The summed E-state index contributed by atoms with van der Waals surface area (Å²) in [6, 6.07) is 11.4. The molecule has 1 heterocycles. The number of halogens is 1. The van der Waals surface area contributed by atoms with Gasteiger partial charge in [-0.3, -0.25) is 0 Å². The Morgan fingerprint density at radius 1 is 1.20 bits per heavy atom. The quantitative estimate of drug-likeness (QED) is 0.818. The van der Waals surface area contributed by atoms with E-state index in [1.54, 1.807) is 0 Å². The molecule has 0 radical (unpaired) electrons. The van der Waals surface area contributed by atoms with Gasteiger partial charge in [0.1, 0.15) is 0 Å². The van der Waals surface area contributed by atoms with Gasteiger partial charge in [0.25, 0.3) is 0 Å². The van der Waals surface area contributed by atoms with Crippen molar-refractivity contribution in [1.82, 2.24) is 5.32 Å². The van der Waals surface area contributed by atoms with Crippen LogP contribution in [0.4, 0.5) is 0 Å². The maximum absolute atomic E-state index is 3.57. The van der Waals surface area contributed by atoms with Crippen molar-refractivity contribution in [3.8, 4) is 0 Å². The molecule has 0 aliphatic carbocycles. The van der Waals surface area contributed by atoms with Gasteiger partial charge in [0, 0.05) is 16.7 Å². The van der Waals surface area contributed by atoms with E-state index in [4.69, 9.17) is 0 Å². The molecule has 0 bridgehead atoms. The van der Waals surface area contributed by atoms with Crippen LogP contribution in [0.3, 0.4) is 0 Å². The molecule has 84 valence electrons. The fourth-order valence-corrected chi connectivity index (χ4v) is 2.81. The lowest BCUT2D eigenvalue weighted by molar-refractivity contribution is 0.430. The first-order valence-corrected chi connectivity index (χ1v) is 6.35. The first kappa shape index (κ1) is 12.9. The van der Waals surface area contributed by atoms with E-state index in [1.165, 1.54) is 36.5 Å². The van der Waals surface area contributed by atoms with Crippen LogP contribution in [-0.2, 0) is 0 Å². The van der Waals surface area contributed by atoms with E-state index in [0.717, 1.165) is 6.04 Å². The highest BCUT2D eigenvalue weighted by Crippen LogP contribution is 2.20. The number of nitrogens with one attached hydrogen (secondary N) is 1. The van der Waals surface area contributed by atoms with Crippen LogP contribution in [0.1, 0.15) is 19.3 Å². The van der Waals surface area contributed by atoms with Crippen LogP contribution < -0.4 is 5.32 Å². The molecule has 15 heavy (non-hydrogen) atoms. The van der Waals surface area contributed by atoms with Crippen LogP contribution in [-0.4, -0.2) is 18.3 Å². The van der Waals surface area contributed by atoms with Crippen LogP contribution in [0, 0.1) is 0 Å². The lowest BCUT2D eigenvalue weighted by atomic mass is 10.1. The summed E-state index contributed by atoms with van der Waals surface area (Å²) in [5, 5.41) is 3.57. The number of hydrogen-bond donors (Lipinski definition) is 1. The molecule has 1 aliphatic heterocycles. The molecule has 1 nitrogen and oxygen atoms in total. The minimum Gasteiger partial charge on any atom is -0.313 e. The molecule has 1 N–H and O–H groups in total. The van der Waals surface area contributed by atoms with Crippen LogP contribution in [0.2, 0.25) is 0 Å². The maximum Gasteiger partial charge on any atom is 0.0161 e. The monoisotopic (exact) mass is 243 g/mol. The SMILES string of the molecule is Cl.c1ccc(SCC2CCCCN2)cc1. The van der Waals surface area contributed by atoms with Crippen LogP contribution in [0.15, 0.2) is 35.2 Å². The minimum atomic E-state index is 0. The third-order valence-corrected chi connectivity index (χ3v) is 3.78. The van der Waals surface area contributed by atoms with E-state index in [9.17, 15) is 0 Å². The average molecular weight is 244 g/mol. The fraction of sp³-hybridized carbons (Fsp3) is 0.500. The number of thioether (sulfide) groups is 1. The molecule has 0 saturated carbocycles. The second-order valence-electron chi connectivity index (χ2n) is 3.77. The third kappa shape index (κ3) is 4.45. The predicted molar refractivity (Wildman–Crippen MR) is 70.1 cm³/mol. The first-order chi connectivity index (χ1) is 6.95. The first-order valence-electron chi connectivity index (χ1n) is 5.36. The zero-order chi connectivity index (χ0) is 9.64. The Morgan fingerprint density at radius 2 is 2.00 bits per heavy atom. The Kier molecular flexibility index (Phi) is 6.15. The number of rotatable bonds is 3. The summed E-state index contributed by atoms with van der Waals surface area (Å²) in [6.07, 6.45) is 4.10. The van der Waals surface area contributed by atoms with E-state index in [1.807, 2.05) is 11.8 Å². The molecular weight excluding hydrogens is 226 g/mol. The smallest absolute Gasteiger partial charge is 0.0161 e. The summed E-state index contributed by atoms with van der Waals surface area (Å²) in [4.78, 5) is 1.39. The van der Waals surface area contributed by atoms with Crippen LogP contribution in [0.25, 0.3) is 0 Å². The van der Waals surface area contributed by atoms with Crippen LogP contribution in [0.5, 0.6) is 0 Å². The number of benzene rings is 1. The molecule has 2 rings (SSSR count). The van der Waals surface area contributed by atoms with E-state index in [2.05, 4.69) is 35.6 Å². The topological polar surface area (TPSA) is 12.0 Å². The van der Waals surface area contributed by atoms with Gasteiger partial charge < -0.3 is 5.32 Å². The lowest BCUT2D eigenvalue weighted by Gasteiger charge is -2.22. The Morgan fingerprint density at radius 3 is 2.67 bits per heavy atom. The summed E-state index contributed by atoms with van der Waals surface area (Å²) < 4.78 is 0. The van der Waals surface area contributed by atoms with Crippen molar-refractivity contribution >= 4 is 24.2 Å². The van der Waals surface area contributed by atoms with Gasteiger partial charge in [0.2, 0.25) is 0 Å². The second-order valence-corrected chi connectivity index (χ2v) is 4.86. The van der Waals surface area contributed by atoms with Crippen molar-refractivity contribution in [2.24, 2.45) is 0 Å². The average Bonchev–Trinajstić information content (AvgIpc) is 2.29. The molecule has 1 aromatic rings. The van der Waals surface area contributed by atoms with Gasteiger partial charge in [0.05, 0.1) is 0 Å². The van der Waals surface area contributed by atoms with Crippen molar-refractivity contribution in [3.05, 3.63) is 30.3 Å². The van der Waals surface area contributed by atoms with E-state index in [-0.39, 0.29) is 12.4 Å². The van der Waals surface area contributed by atoms with Crippen LogP contribution >= 0.6 is 24.2 Å². The third-order valence-electron chi connectivity index (χ3n) is 2.61. The molecule has 1 fully saturated rings. The minimum absolute atomic E-state index is 0. The number of piperidine rings is 1. The van der Waals surface area contributed by atoms with Crippen molar-refractivity contribution < 1.29 is 0 Å². The molecule has 1 aliphatic rings. The molecule has 1 aromatic carbocycles. The largest absolute Gasteiger partial charge is 0.313 e. The Labute approximate surface area is 102 Å². The van der Waals surface area contributed by atoms with Crippen molar-refractivity contribution in [3.63, 3.8) is 0 Å². The van der Waals surface area contributed by atoms with E-state index >= 15 is 0 Å². The Bertz CT molecular complexity index is 260. The fourth-order valence-electron chi connectivity index (χ4n) is 1.78. The highest BCUT2D eigenvalue weighted by molar-refractivity contribution is 7.99. The van der Waals surface area contributed by atoms with E-state index < -0.39 is 0 Å². The highest BCUT2D eigenvalue weighted by Gasteiger charge is 2.11. The Balaban J connectivity index is 0.00000112. The van der Waals surface area contributed by atoms with Crippen molar-refractivity contribution in [2.75, 3.05) is 12.3 Å². The summed E-state index contributed by atoms with van der Waals surface area (Å²) >= 11 is 1.96. The molecule has 1 saturated heterocycles. The number of hydrogen-bond acceptors (Lipinski definition) is 2. The summed E-state index contributed by atoms with van der Waals surface area (Å²) in [5.41, 5.74) is 0. The predicted octanol–water partition coefficient (Wildman–Crippen LogP) is 3.34. The highest BCUT2D eigenvalue weighted by atomic mass is 35.5. The molecular formula is C12H18ClNS.